The summed E-state index contributed by atoms with van der Waals surface area (Å²) in [6.07, 6.45) is 1.87. The minimum atomic E-state index is -0.256. The number of carbonyl (C=O) groups excluding carboxylic acids is 3. The van der Waals surface area contributed by atoms with Crippen LogP contribution in [-0.4, -0.2) is 49.4 Å². The second-order valence-corrected chi connectivity index (χ2v) is 7.48. The van der Waals surface area contributed by atoms with Crippen LogP contribution in [0.3, 0.4) is 0 Å². The van der Waals surface area contributed by atoms with E-state index < -0.39 is 0 Å². The van der Waals surface area contributed by atoms with E-state index in [1.165, 1.54) is 4.90 Å². The van der Waals surface area contributed by atoms with Gasteiger partial charge in [0.15, 0.2) is 0 Å². The summed E-state index contributed by atoms with van der Waals surface area (Å²) >= 11 is 0. The van der Waals surface area contributed by atoms with Crippen LogP contribution in [0.15, 0.2) is 42.5 Å². The highest BCUT2D eigenvalue weighted by Crippen LogP contribution is 2.34. The number of fused-ring (bicyclic) bond motifs is 2. The van der Waals surface area contributed by atoms with Crippen molar-refractivity contribution in [2.24, 2.45) is 0 Å². The van der Waals surface area contributed by atoms with E-state index in [0.717, 1.165) is 29.8 Å². The smallest absolute Gasteiger partial charge is 0.261 e. The number of nitrogens with one attached hydrogen (secondary N) is 2. The van der Waals surface area contributed by atoms with Crippen LogP contribution in [-0.2, 0) is 11.2 Å². The highest BCUT2D eigenvalue weighted by atomic mass is 16.5. The lowest BCUT2D eigenvalue weighted by atomic mass is 9.93. The fourth-order valence-corrected chi connectivity index (χ4v) is 4.10. The molecule has 1 unspecified atom stereocenters. The van der Waals surface area contributed by atoms with Crippen LogP contribution in [0, 0.1) is 0 Å². The molecule has 2 aromatic rings. The maximum atomic E-state index is 12.8. The average Bonchev–Trinajstić information content (AvgIpc) is 3.01. The summed E-state index contributed by atoms with van der Waals surface area (Å²) in [5, 5.41) is 6.04. The molecule has 3 amide bonds. The molecule has 0 saturated heterocycles. The lowest BCUT2D eigenvalue weighted by molar-refractivity contribution is -0.120. The summed E-state index contributed by atoms with van der Waals surface area (Å²) in [4.78, 5) is 38.3. The molecule has 0 spiro atoms. The van der Waals surface area contributed by atoms with E-state index in [2.05, 4.69) is 16.7 Å². The predicted molar refractivity (Wildman–Crippen MR) is 111 cm³/mol. The molecule has 2 N–H and O–H groups in total. The topological polar surface area (TPSA) is 87.7 Å². The third-order valence-electron chi connectivity index (χ3n) is 5.62. The lowest BCUT2D eigenvalue weighted by Gasteiger charge is -2.31. The number of hydrogen-bond donors (Lipinski definition) is 2. The molecule has 0 bridgehead atoms. The summed E-state index contributed by atoms with van der Waals surface area (Å²) in [5.74, 6) is 0.207. The number of carbonyl (C=O) groups is 3. The molecule has 0 fully saturated rings. The van der Waals surface area contributed by atoms with Crippen LogP contribution in [0.2, 0.25) is 0 Å². The quantitative estimate of drug-likeness (QED) is 0.542. The largest absolute Gasteiger partial charge is 0.493 e. The molecule has 156 valence electrons. The molecule has 0 saturated carbocycles. The van der Waals surface area contributed by atoms with Gasteiger partial charge in [0, 0.05) is 25.6 Å². The van der Waals surface area contributed by atoms with Crippen molar-refractivity contribution < 1.29 is 19.1 Å². The Hall–Kier alpha value is -3.19. The molecule has 1 atom stereocenters. The molecule has 4 rings (SSSR count). The number of hydrogen-bond acceptors (Lipinski definition) is 5. The van der Waals surface area contributed by atoms with Crippen molar-refractivity contribution in [2.45, 2.75) is 25.3 Å². The van der Waals surface area contributed by atoms with Crippen molar-refractivity contribution in [1.29, 1.82) is 0 Å². The molecule has 30 heavy (non-hydrogen) atoms. The minimum absolute atomic E-state index is 0.0149. The Morgan fingerprint density at radius 2 is 1.87 bits per heavy atom. The first kappa shape index (κ1) is 20.1. The van der Waals surface area contributed by atoms with Gasteiger partial charge in [0.2, 0.25) is 5.91 Å². The maximum absolute atomic E-state index is 12.8. The van der Waals surface area contributed by atoms with Crippen LogP contribution >= 0.6 is 0 Å². The number of rotatable bonds is 7. The molecule has 0 aliphatic carbocycles. The Morgan fingerprint density at radius 1 is 1.13 bits per heavy atom. The Kier molecular flexibility index (Phi) is 5.81. The highest BCUT2D eigenvalue weighted by molar-refractivity contribution is 6.21. The van der Waals surface area contributed by atoms with Gasteiger partial charge in [-0.25, -0.2) is 0 Å². The van der Waals surface area contributed by atoms with Crippen LogP contribution < -0.4 is 15.4 Å². The Bertz CT molecular complexity index is 953. The van der Waals surface area contributed by atoms with Crippen molar-refractivity contribution in [3.63, 3.8) is 0 Å². The zero-order chi connectivity index (χ0) is 21.1. The molecule has 2 heterocycles. The average molecular weight is 407 g/mol. The molecule has 2 aliphatic rings. The molecule has 0 radical (unpaired) electrons. The van der Waals surface area contributed by atoms with E-state index in [1.807, 2.05) is 12.1 Å². The zero-order valence-corrected chi connectivity index (χ0v) is 16.9. The molecule has 2 aliphatic heterocycles. The monoisotopic (exact) mass is 407 g/mol. The Labute approximate surface area is 175 Å². The molecule has 2 aromatic carbocycles. The van der Waals surface area contributed by atoms with Gasteiger partial charge in [0.05, 0.1) is 23.8 Å². The highest BCUT2D eigenvalue weighted by Gasteiger charge is 2.38. The maximum Gasteiger partial charge on any atom is 0.261 e. The van der Waals surface area contributed by atoms with Gasteiger partial charge in [-0.15, -0.1) is 0 Å². The fraction of sp³-hybridized carbons (Fsp3) is 0.348. The first-order chi connectivity index (χ1) is 14.6. The molecular weight excluding hydrogens is 382 g/mol. The van der Waals surface area contributed by atoms with Crippen LogP contribution in [0.1, 0.15) is 50.7 Å². The van der Waals surface area contributed by atoms with Gasteiger partial charge in [0.1, 0.15) is 5.75 Å². The molecular formula is C23H25N3O4. The molecule has 7 heteroatoms. The zero-order valence-electron chi connectivity index (χ0n) is 16.9. The summed E-state index contributed by atoms with van der Waals surface area (Å²) in [6.45, 7) is 1.43. The van der Waals surface area contributed by atoms with Crippen molar-refractivity contribution in [2.75, 3.05) is 26.7 Å². The number of nitrogens with zero attached hydrogens (tertiary/aromatic N) is 1. The second kappa shape index (κ2) is 8.67. The van der Waals surface area contributed by atoms with Gasteiger partial charge in [-0.3, -0.25) is 19.3 Å². The number of imide groups is 1. The number of amides is 3. The van der Waals surface area contributed by atoms with E-state index in [4.69, 9.17) is 4.74 Å². The lowest BCUT2D eigenvalue weighted by Crippen LogP contribution is -2.41. The standard InChI is InChI=1S/C23H25N3O4/c1-24-20(27)10-5-13-30-19-9-4-6-15-11-12-25-18(21(15)19)14-26-22(28)16-7-2-3-8-17(16)23(26)29/h2-4,6-9,18,25H,5,10-14H2,1H3,(H,24,27). The van der Waals surface area contributed by atoms with Crippen LogP contribution in [0.5, 0.6) is 5.75 Å². The third kappa shape index (κ3) is 3.80. The number of ether oxygens (including phenoxy) is 1. The van der Waals surface area contributed by atoms with E-state index in [-0.39, 0.29) is 30.3 Å². The molecule has 7 nitrogen and oxygen atoms in total. The first-order valence-corrected chi connectivity index (χ1v) is 10.2. The first-order valence-electron chi connectivity index (χ1n) is 10.2. The summed E-state index contributed by atoms with van der Waals surface area (Å²) in [6, 6.07) is 12.6. The van der Waals surface area contributed by atoms with Gasteiger partial charge in [-0.1, -0.05) is 24.3 Å². The van der Waals surface area contributed by atoms with E-state index in [9.17, 15) is 14.4 Å². The van der Waals surface area contributed by atoms with Crippen molar-refractivity contribution in [3.05, 3.63) is 64.7 Å². The predicted octanol–water partition coefficient (Wildman–Crippen LogP) is 2.07. The van der Waals surface area contributed by atoms with E-state index in [0.29, 0.717) is 30.6 Å². The SMILES string of the molecule is CNC(=O)CCCOc1cccc2c1C(CN1C(=O)c3ccccc3C1=O)NCC2. The minimum Gasteiger partial charge on any atom is -0.493 e. The summed E-state index contributed by atoms with van der Waals surface area (Å²) in [5.41, 5.74) is 3.05. The van der Waals surface area contributed by atoms with Crippen molar-refractivity contribution in [3.8, 4) is 5.75 Å². The number of benzene rings is 2. The second-order valence-electron chi connectivity index (χ2n) is 7.48. The van der Waals surface area contributed by atoms with Crippen LogP contribution in [0.4, 0.5) is 0 Å². The van der Waals surface area contributed by atoms with Crippen LogP contribution in [0.25, 0.3) is 0 Å². The van der Waals surface area contributed by atoms with E-state index >= 15 is 0 Å². The van der Waals surface area contributed by atoms with Gasteiger partial charge in [0.25, 0.3) is 11.8 Å². The van der Waals surface area contributed by atoms with E-state index in [1.54, 1.807) is 31.3 Å². The normalized spacial score (nSPS) is 17.5. The Morgan fingerprint density at radius 3 is 2.57 bits per heavy atom. The van der Waals surface area contributed by atoms with Gasteiger partial charge < -0.3 is 15.4 Å². The van der Waals surface area contributed by atoms with Crippen molar-refractivity contribution in [1.82, 2.24) is 15.5 Å². The summed E-state index contributed by atoms with van der Waals surface area (Å²) < 4.78 is 6.00. The fourth-order valence-electron chi connectivity index (χ4n) is 4.10. The van der Waals surface area contributed by atoms with Gasteiger partial charge >= 0.3 is 0 Å². The van der Waals surface area contributed by atoms with Gasteiger partial charge in [-0.05, 0) is 43.1 Å². The van der Waals surface area contributed by atoms with Gasteiger partial charge in [-0.2, -0.15) is 0 Å². The molecule has 0 aromatic heterocycles. The Balaban J connectivity index is 1.52. The van der Waals surface area contributed by atoms with Crippen molar-refractivity contribution >= 4 is 17.7 Å². The third-order valence-corrected chi connectivity index (χ3v) is 5.62. The summed E-state index contributed by atoms with van der Waals surface area (Å²) in [7, 11) is 1.62.